The van der Waals surface area contributed by atoms with Crippen molar-refractivity contribution in [2.24, 2.45) is 0 Å². The Labute approximate surface area is 142 Å². The van der Waals surface area contributed by atoms with Gasteiger partial charge in [-0.25, -0.2) is 0 Å². The molecule has 0 aliphatic carbocycles. The number of nitrogens with one attached hydrogen (secondary N) is 1. The van der Waals surface area contributed by atoms with Crippen LogP contribution in [0, 0.1) is 0 Å². The fourth-order valence-electron chi connectivity index (χ4n) is 2.17. The quantitative estimate of drug-likeness (QED) is 0.809. The standard InChI is InChI=1S/C14H16BrCl2N3O/c1-18-13(9-3-4-11(16)10(15)7-9)14-12(17)8-19-20(14)5-6-21-2/h3-4,7-8,13,18H,5-6H2,1-2H3. The molecule has 1 heterocycles. The van der Waals surface area contributed by atoms with Gasteiger partial charge in [0, 0.05) is 11.6 Å². The zero-order valence-electron chi connectivity index (χ0n) is 11.7. The Morgan fingerprint density at radius 3 is 2.76 bits per heavy atom. The third-order valence-electron chi connectivity index (χ3n) is 3.18. The van der Waals surface area contributed by atoms with Crippen molar-refractivity contribution in [2.45, 2.75) is 12.6 Å². The van der Waals surface area contributed by atoms with E-state index in [2.05, 4.69) is 26.3 Å². The van der Waals surface area contributed by atoms with Crippen LogP contribution in [-0.4, -0.2) is 30.5 Å². The van der Waals surface area contributed by atoms with Gasteiger partial charge >= 0.3 is 0 Å². The maximum Gasteiger partial charge on any atom is 0.0837 e. The third-order valence-corrected chi connectivity index (χ3v) is 4.68. The molecule has 1 aromatic heterocycles. The van der Waals surface area contributed by atoms with Gasteiger partial charge in [-0.05, 0) is 40.7 Å². The lowest BCUT2D eigenvalue weighted by Gasteiger charge is -2.19. The maximum atomic E-state index is 6.32. The van der Waals surface area contributed by atoms with E-state index in [-0.39, 0.29) is 6.04 Å². The normalized spacial score (nSPS) is 12.6. The van der Waals surface area contributed by atoms with Crippen LogP contribution in [0.5, 0.6) is 0 Å². The van der Waals surface area contributed by atoms with Crippen LogP contribution in [0.25, 0.3) is 0 Å². The highest BCUT2D eigenvalue weighted by atomic mass is 79.9. The van der Waals surface area contributed by atoms with Crippen molar-refractivity contribution in [1.29, 1.82) is 0 Å². The van der Waals surface area contributed by atoms with Gasteiger partial charge in [-0.2, -0.15) is 5.10 Å². The van der Waals surface area contributed by atoms with Gasteiger partial charge in [-0.3, -0.25) is 4.68 Å². The second-order valence-corrected chi connectivity index (χ2v) is 6.16. The van der Waals surface area contributed by atoms with E-state index in [1.807, 2.05) is 29.9 Å². The third kappa shape index (κ3) is 3.79. The van der Waals surface area contributed by atoms with Gasteiger partial charge in [-0.1, -0.05) is 29.3 Å². The number of halogens is 3. The van der Waals surface area contributed by atoms with Gasteiger partial charge in [-0.15, -0.1) is 0 Å². The summed E-state index contributed by atoms with van der Waals surface area (Å²) in [5, 5.41) is 8.89. The monoisotopic (exact) mass is 391 g/mol. The molecule has 0 radical (unpaired) electrons. The Morgan fingerprint density at radius 2 is 2.14 bits per heavy atom. The van der Waals surface area contributed by atoms with Crippen LogP contribution in [0.1, 0.15) is 17.3 Å². The van der Waals surface area contributed by atoms with Crippen molar-refractivity contribution < 1.29 is 4.74 Å². The zero-order valence-corrected chi connectivity index (χ0v) is 14.8. The molecule has 4 nitrogen and oxygen atoms in total. The SMILES string of the molecule is CNC(c1ccc(Cl)c(Br)c1)c1c(Cl)cnn1CCOC. The van der Waals surface area contributed by atoms with Crippen LogP contribution >= 0.6 is 39.1 Å². The lowest BCUT2D eigenvalue weighted by molar-refractivity contribution is 0.182. The van der Waals surface area contributed by atoms with Crippen molar-refractivity contribution in [3.63, 3.8) is 0 Å². The highest BCUT2D eigenvalue weighted by Gasteiger charge is 2.21. The van der Waals surface area contributed by atoms with E-state index < -0.39 is 0 Å². The fourth-order valence-corrected chi connectivity index (χ4v) is 2.93. The molecule has 0 fully saturated rings. The van der Waals surface area contributed by atoms with E-state index >= 15 is 0 Å². The predicted octanol–water partition coefficient (Wildman–Crippen LogP) is 3.91. The number of rotatable bonds is 6. The van der Waals surface area contributed by atoms with Gasteiger partial charge in [0.1, 0.15) is 0 Å². The summed E-state index contributed by atoms with van der Waals surface area (Å²) in [5.41, 5.74) is 1.96. The fraction of sp³-hybridized carbons (Fsp3) is 0.357. The molecule has 0 saturated carbocycles. The number of methoxy groups -OCH3 is 1. The van der Waals surface area contributed by atoms with Crippen LogP contribution in [0.3, 0.4) is 0 Å². The first-order chi connectivity index (χ1) is 10.1. The summed E-state index contributed by atoms with van der Waals surface area (Å²) in [6.07, 6.45) is 1.65. The molecular weight excluding hydrogens is 377 g/mol. The molecule has 0 aliphatic heterocycles. The van der Waals surface area contributed by atoms with Crippen molar-refractivity contribution in [3.8, 4) is 0 Å². The smallest absolute Gasteiger partial charge is 0.0837 e. The summed E-state index contributed by atoms with van der Waals surface area (Å²) in [6.45, 7) is 1.22. The van der Waals surface area contributed by atoms with E-state index in [0.717, 1.165) is 15.7 Å². The highest BCUT2D eigenvalue weighted by Crippen LogP contribution is 2.32. The first kappa shape index (κ1) is 16.8. The number of benzene rings is 1. The minimum Gasteiger partial charge on any atom is -0.383 e. The van der Waals surface area contributed by atoms with Crippen LogP contribution in [0.2, 0.25) is 10.0 Å². The molecule has 114 valence electrons. The van der Waals surface area contributed by atoms with E-state index in [4.69, 9.17) is 27.9 Å². The molecule has 1 unspecified atom stereocenters. The summed E-state index contributed by atoms with van der Waals surface area (Å²) >= 11 is 15.8. The summed E-state index contributed by atoms with van der Waals surface area (Å²) in [5.74, 6) is 0. The Hall–Kier alpha value is -0.590. The predicted molar refractivity (Wildman–Crippen MR) is 89.2 cm³/mol. The van der Waals surface area contributed by atoms with Crippen molar-refractivity contribution in [3.05, 3.63) is 50.2 Å². The largest absolute Gasteiger partial charge is 0.383 e. The first-order valence-electron chi connectivity index (χ1n) is 6.40. The van der Waals surface area contributed by atoms with Crippen LogP contribution in [0.15, 0.2) is 28.9 Å². The molecule has 1 atom stereocenters. The Morgan fingerprint density at radius 1 is 1.38 bits per heavy atom. The molecule has 2 rings (SSSR count). The van der Waals surface area contributed by atoms with Crippen molar-refractivity contribution in [1.82, 2.24) is 15.1 Å². The molecule has 0 saturated heterocycles. The number of aromatic nitrogens is 2. The summed E-state index contributed by atoms with van der Waals surface area (Å²) in [4.78, 5) is 0. The Balaban J connectivity index is 2.40. The molecular formula is C14H16BrCl2N3O. The van der Waals surface area contributed by atoms with Gasteiger partial charge in [0.15, 0.2) is 0 Å². The molecule has 1 aromatic carbocycles. The number of ether oxygens (including phenoxy) is 1. The summed E-state index contributed by atoms with van der Waals surface area (Å²) in [7, 11) is 3.55. The Kier molecular flexibility index (Phi) is 6.08. The highest BCUT2D eigenvalue weighted by molar-refractivity contribution is 9.10. The average Bonchev–Trinajstić information content (AvgIpc) is 2.83. The van der Waals surface area contributed by atoms with E-state index in [1.165, 1.54) is 0 Å². The van der Waals surface area contributed by atoms with E-state index in [1.54, 1.807) is 13.3 Å². The zero-order chi connectivity index (χ0) is 15.4. The molecule has 2 aromatic rings. The molecule has 7 heteroatoms. The number of hydrogen-bond donors (Lipinski definition) is 1. The molecule has 21 heavy (non-hydrogen) atoms. The topological polar surface area (TPSA) is 39.1 Å². The molecule has 0 aliphatic rings. The van der Waals surface area contributed by atoms with E-state index in [9.17, 15) is 0 Å². The molecule has 0 amide bonds. The lowest BCUT2D eigenvalue weighted by atomic mass is 10.0. The van der Waals surface area contributed by atoms with Gasteiger partial charge in [0.2, 0.25) is 0 Å². The number of hydrogen-bond acceptors (Lipinski definition) is 3. The van der Waals surface area contributed by atoms with Gasteiger partial charge in [0.05, 0.1) is 41.1 Å². The average molecular weight is 393 g/mol. The van der Waals surface area contributed by atoms with Crippen molar-refractivity contribution in [2.75, 3.05) is 20.8 Å². The van der Waals surface area contributed by atoms with Gasteiger partial charge < -0.3 is 10.1 Å². The Bertz CT molecular complexity index is 618. The van der Waals surface area contributed by atoms with Crippen molar-refractivity contribution >= 4 is 39.1 Å². The minimum absolute atomic E-state index is 0.0783. The van der Waals surface area contributed by atoms with Crippen LogP contribution < -0.4 is 5.32 Å². The molecule has 1 N–H and O–H groups in total. The van der Waals surface area contributed by atoms with Crippen LogP contribution in [0.4, 0.5) is 0 Å². The molecule has 0 spiro atoms. The van der Waals surface area contributed by atoms with E-state index in [0.29, 0.717) is 23.2 Å². The minimum atomic E-state index is -0.0783. The van der Waals surface area contributed by atoms with Crippen LogP contribution in [-0.2, 0) is 11.3 Å². The summed E-state index contributed by atoms with van der Waals surface area (Å²) in [6, 6.07) is 5.73. The van der Waals surface area contributed by atoms with Gasteiger partial charge in [0.25, 0.3) is 0 Å². The second kappa shape index (κ2) is 7.61. The first-order valence-corrected chi connectivity index (χ1v) is 7.95. The second-order valence-electron chi connectivity index (χ2n) is 4.49. The molecule has 0 bridgehead atoms. The number of nitrogens with zero attached hydrogens (tertiary/aromatic N) is 2. The lowest BCUT2D eigenvalue weighted by Crippen LogP contribution is -2.23. The summed E-state index contributed by atoms with van der Waals surface area (Å²) < 4.78 is 7.82. The maximum absolute atomic E-state index is 6.32.